The third-order valence-corrected chi connectivity index (χ3v) is 5.32. The van der Waals surface area contributed by atoms with Gasteiger partial charge in [-0.2, -0.15) is 5.10 Å². The lowest BCUT2D eigenvalue weighted by Crippen LogP contribution is -2.44. The zero-order valence-corrected chi connectivity index (χ0v) is 18.7. The molecule has 162 valence electrons. The van der Waals surface area contributed by atoms with Crippen molar-refractivity contribution in [2.45, 2.75) is 65.1 Å². The number of aromatic nitrogens is 2. The van der Waals surface area contributed by atoms with Crippen molar-refractivity contribution in [3.63, 3.8) is 0 Å². The van der Waals surface area contributed by atoms with Crippen LogP contribution in [0.4, 0.5) is 4.79 Å². The van der Waals surface area contributed by atoms with Gasteiger partial charge < -0.3 is 15.0 Å². The van der Waals surface area contributed by atoms with E-state index in [2.05, 4.69) is 10.4 Å². The van der Waals surface area contributed by atoms with E-state index in [0.717, 1.165) is 17.0 Å². The molecular weight excluding hydrogens is 380 g/mol. The number of hydrogen-bond acceptors (Lipinski definition) is 4. The highest BCUT2D eigenvalue weighted by Gasteiger charge is 2.39. The van der Waals surface area contributed by atoms with Crippen LogP contribution in [-0.4, -0.2) is 51.4 Å². The fraction of sp³-hybridized carbons (Fsp3) is 0.522. The van der Waals surface area contributed by atoms with Crippen LogP contribution >= 0.6 is 0 Å². The molecule has 1 saturated heterocycles. The SMILES string of the molecule is Cc1cc(C)n(C(C)C(=O)N[C@@H]2CN(C(=O)OC(C)(C)C)C[C@H]2c2ccccc2)n1. The van der Waals surface area contributed by atoms with Crippen LogP contribution in [0.25, 0.3) is 0 Å². The molecular formula is C23H32N4O3. The highest BCUT2D eigenvalue weighted by molar-refractivity contribution is 5.80. The van der Waals surface area contributed by atoms with Gasteiger partial charge in [0.25, 0.3) is 0 Å². The second-order valence-electron chi connectivity index (χ2n) is 9.07. The summed E-state index contributed by atoms with van der Waals surface area (Å²) in [5, 5.41) is 7.60. The molecule has 1 aromatic carbocycles. The van der Waals surface area contributed by atoms with Gasteiger partial charge in [0.1, 0.15) is 11.6 Å². The molecule has 3 rings (SSSR count). The largest absolute Gasteiger partial charge is 0.444 e. The van der Waals surface area contributed by atoms with Crippen molar-refractivity contribution >= 4 is 12.0 Å². The maximum absolute atomic E-state index is 13.0. The van der Waals surface area contributed by atoms with Crippen LogP contribution in [0.3, 0.4) is 0 Å². The molecule has 0 radical (unpaired) electrons. The molecule has 1 aromatic heterocycles. The number of ether oxygens (including phenoxy) is 1. The average molecular weight is 413 g/mol. The topological polar surface area (TPSA) is 76.5 Å². The van der Waals surface area contributed by atoms with E-state index >= 15 is 0 Å². The maximum atomic E-state index is 13.0. The van der Waals surface area contributed by atoms with Gasteiger partial charge in [0.2, 0.25) is 5.91 Å². The molecule has 7 heteroatoms. The normalized spacial score (nSPS) is 20.1. The Morgan fingerprint density at radius 3 is 2.40 bits per heavy atom. The molecule has 1 aliphatic rings. The van der Waals surface area contributed by atoms with E-state index in [-0.39, 0.29) is 24.0 Å². The summed E-state index contributed by atoms with van der Waals surface area (Å²) in [6, 6.07) is 11.3. The van der Waals surface area contributed by atoms with Crippen molar-refractivity contribution in [3.8, 4) is 0 Å². The summed E-state index contributed by atoms with van der Waals surface area (Å²) in [5.74, 6) is -0.117. The first-order chi connectivity index (χ1) is 14.0. The smallest absolute Gasteiger partial charge is 0.410 e. The molecule has 1 N–H and O–H groups in total. The lowest BCUT2D eigenvalue weighted by molar-refractivity contribution is -0.124. The lowest BCUT2D eigenvalue weighted by Gasteiger charge is -2.24. The van der Waals surface area contributed by atoms with Gasteiger partial charge in [0.05, 0.1) is 11.7 Å². The lowest BCUT2D eigenvalue weighted by atomic mass is 9.94. The van der Waals surface area contributed by atoms with E-state index in [1.54, 1.807) is 9.58 Å². The molecule has 7 nitrogen and oxygen atoms in total. The zero-order valence-electron chi connectivity index (χ0n) is 18.7. The zero-order chi connectivity index (χ0) is 22.1. The third-order valence-electron chi connectivity index (χ3n) is 5.32. The number of carbonyl (C=O) groups excluding carboxylic acids is 2. The summed E-state index contributed by atoms with van der Waals surface area (Å²) >= 11 is 0. The summed E-state index contributed by atoms with van der Waals surface area (Å²) in [4.78, 5) is 27.4. The minimum Gasteiger partial charge on any atom is -0.444 e. The van der Waals surface area contributed by atoms with Gasteiger partial charge in [-0.3, -0.25) is 9.48 Å². The highest BCUT2D eigenvalue weighted by atomic mass is 16.6. The Labute approximate surface area is 178 Å². The van der Waals surface area contributed by atoms with Gasteiger partial charge in [0, 0.05) is 24.7 Å². The van der Waals surface area contributed by atoms with Gasteiger partial charge in [-0.1, -0.05) is 30.3 Å². The summed E-state index contributed by atoms with van der Waals surface area (Å²) in [6.07, 6.45) is -0.355. The summed E-state index contributed by atoms with van der Waals surface area (Å²) in [7, 11) is 0. The first-order valence-corrected chi connectivity index (χ1v) is 10.4. The fourth-order valence-electron chi connectivity index (χ4n) is 3.92. The number of nitrogens with one attached hydrogen (secondary N) is 1. The van der Waals surface area contributed by atoms with E-state index < -0.39 is 11.6 Å². The second-order valence-corrected chi connectivity index (χ2v) is 9.07. The second kappa shape index (κ2) is 8.50. The van der Waals surface area contributed by atoms with E-state index in [4.69, 9.17) is 4.74 Å². The van der Waals surface area contributed by atoms with Gasteiger partial charge >= 0.3 is 6.09 Å². The number of hydrogen-bond donors (Lipinski definition) is 1. The van der Waals surface area contributed by atoms with Crippen LogP contribution in [0.1, 0.15) is 56.6 Å². The molecule has 0 saturated carbocycles. The quantitative estimate of drug-likeness (QED) is 0.833. The number of amides is 2. The molecule has 0 aliphatic carbocycles. The van der Waals surface area contributed by atoms with E-state index in [1.807, 2.05) is 77.9 Å². The number of rotatable bonds is 4. The van der Waals surface area contributed by atoms with Crippen molar-refractivity contribution < 1.29 is 14.3 Å². The van der Waals surface area contributed by atoms with Crippen molar-refractivity contribution in [1.29, 1.82) is 0 Å². The Bertz CT molecular complexity index is 901. The molecule has 2 aromatic rings. The molecule has 30 heavy (non-hydrogen) atoms. The number of likely N-dealkylation sites (tertiary alicyclic amines) is 1. The highest BCUT2D eigenvalue weighted by Crippen LogP contribution is 2.29. The third kappa shape index (κ3) is 5.01. The Balaban J connectivity index is 1.78. The van der Waals surface area contributed by atoms with Crippen LogP contribution in [-0.2, 0) is 9.53 Å². The standard InChI is InChI=1S/C23H32N4O3/c1-15-12-16(2)27(25-15)17(3)21(28)24-20-14-26(22(29)30-23(4,5)6)13-19(20)18-10-8-7-9-11-18/h7-12,17,19-20H,13-14H2,1-6H3,(H,24,28)/t17?,19-,20+/m0/s1. The first-order valence-electron chi connectivity index (χ1n) is 10.4. The molecule has 2 amide bonds. The van der Waals surface area contributed by atoms with Crippen LogP contribution < -0.4 is 5.32 Å². The minimum absolute atomic E-state index is 0.00433. The van der Waals surface area contributed by atoms with Gasteiger partial charge in [-0.25, -0.2) is 4.79 Å². The van der Waals surface area contributed by atoms with Crippen molar-refractivity contribution in [1.82, 2.24) is 20.0 Å². The Morgan fingerprint density at radius 1 is 1.17 bits per heavy atom. The van der Waals surface area contributed by atoms with Crippen LogP contribution in [0.15, 0.2) is 36.4 Å². The van der Waals surface area contributed by atoms with Gasteiger partial charge in [0.15, 0.2) is 0 Å². The molecule has 1 fully saturated rings. The first kappa shape index (κ1) is 21.9. The van der Waals surface area contributed by atoms with Crippen LogP contribution in [0, 0.1) is 13.8 Å². The number of benzene rings is 1. The number of nitrogens with zero attached hydrogens (tertiary/aromatic N) is 3. The monoisotopic (exact) mass is 412 g/mol. The Hall–Kier alpha value is -2.83. The van der Waals surface area contributed by atoms with Crippen LogP contribution in [0.2, 0.25) is 0 Å². The Kier molecular flexibility index (Phi) is 6.19. The molecule has 2 heterocycles. The summed E-state index contributed by atoms with van der Waals surface area (Å²) < 4.78 is 7.29. The average Bonchev–Trinajstić information content (AvgIpc) is 3.23. The number of aryl methyl sites for hydroxylation is 2. The number of carbonyl (C=O) groups is 2. The van der Waals surface area contributed by atoms with Gasteiger partial charge in [-0.15, -0.1) is 0 Å². The summed E-state index contributed by atoms with van der Waals surface area (Å²) in [6.45, 7) is 12.2. The van der Waals surface area contributed by atoms with Crippen molar-refractivity contribution in [2.75, 3.05) is 13.1 Å². The summed E-state index contributed by atoms with van der Waals surface area (Å²) in [5.41, 5.74) is 2.35. The van der Waals surface area contributed by atoms with E-state index in [1.165, 1.54) is 0 Å². The minimum atomic E-state index is -0.565. The van der Waals surface area contributed by atoms with Gasteiger partial charge in [-0.05, 0) is 53.2 Å². The molecule has 0 bridgehead atoms. The van der Waals surface area contributed by atoms with Crippen molar-refractivity contribution in [3.05, 3.63) is 53.3 Å². The van der Waals surface area contributed by atoms with E-state index in [0.29, 0.717) is 13.1 Å². The molecule has 1 unspecified atom stereocenters. The molecule has 0 spiro atoms. The van der Waals surface area contributed by atoms with E-state index in [9.17, 15) is 9.59 Å². The molecule has 3 atom stereocenters. The maximum Gasteiger partial charge on any atom is 0.410 e. The van der Waals surface area contributed by atoms with Crippen molar-refractivity contribution in [2.24, 2.45) is 0 Å². The Morgan fingerprint density at radius 2 is 1.83 bits per heavy atom. The predicted octanol–water partition coefficient (Wildman–Crippen LogP) is 3.58. The predicted molar refractivity (Wildman–Crippen MR) is 115 cm³/mol. The fourth-order valence-corrected chi connectivity index (χ4v) is 3.92. The van der Waals surface area contributed by atoms with Crippen LogP contribution in [0.5, 0.6) is 0 Å². The molecule has 1 aliphatic heterocycles.